The summed E-state index contributed by atoms with van der Waals surface area (Å²) in [6.45, 7) is 10.9. The highest BCUT2D eigenvalue weighted by Gasteiger charge is 2.18. The third kappa shape index (κ3) is 5.44. The predicted octanol–water partition coefficient (Wildman–Crippen LogP) is 2.38. The minimum absolute atomic E-state index is 0.687. The van der Waals surface area contributed by atoms with Gasteiger partial charge in [0.05, 0.1) is 19.8 Å². The summed E-state index contributed by atoms with van der Waals surface area (Å²) in [7, 11) is -0.833. The van der Waals surface area contributed by atoms with Crippen molar-refractivity contribution in [2.75, 3.05) is 26.4 Å². The van der Waals surface area contributed by atoms with Gasteiger partial charge in [-0.3, -0.25) is 0 Å². The summed E-state index contributed by atoms with van der Waals surface area (Å²) < 4.78 is 10.6. The zero-order valence-electron chi connectivity index (χ0n) is 9.14. The second kappa shape index (κ2) is 5.13. The molecule has 0 N–H and O–H groups in total. The first-order chi connectivity index (χ1) is 6.08. The van der Waals surface area contributed by atoms with Gasteiger partial charge in [0.15, 0.2) is 0 Å². The van der Waals surface area contributed by atoms with Gasteiger partial charge in [-0.1, -0.05) is 25.7 Å². The lowest BCUT2D eigenvalue weighted by Crippen LogP contribution is -2.31. The molecule has 0 spiro atoms. The molecule has 0 aromatic rings. The summed E-state index contributed by atoms with van der Waals surface area (Å²) in [6, 6.07) is 1.38. The van der Waals surface area contributed by atoms with Gasteiger partial charge in [0.1, 0.15) is 0 Å². The van der Waals surface area contributed by atoms with E-state index in [2.05, 4.69) is 19.6 Å². The summed E-state index contributed by atoms with van der Waals surface area (Å²) in [4.78, 5) is 0. The number of rotatable bonds is 6. The lowest BCUT2D eigenvalue weighted by molar-refractivity contribution is -0.0713. The molecule has 3 heteroatoms. The SMILES string of the molecule is C[Si](C)(C)CCCOCC1COC1. The first-order valence-corrected chi connectivity index (χ1v) is 8.94. The van der Waals surface area contributed by atoms with Crippen LogP contribution in [-0.4, -0.2) is 34.5 Å². The minimum atomic E-state index is -0.833. The third-order valence-corrected chi connectivity index (χ3v) is 4.13. The normalized spacial score (nSPS) is 18.7. The lowest BCUT2D eigenvalue weighted by atomic mass is 10.1. The molecule has 1 saturated heterocycles. The van der Waals surface area contributed by atoms with Crippen LogP contribution in [0, 0.1) is 5.92 Å². The van der Waals surface area contributed by atoms with Gasteiger partial charge in [-0.2, -0.15) is 0 Å². The monoisotopic (exact) mass is 202 g/mol. The minimum Gasteiger partial charge on any atom is -0.381 e. The van der Waals surface area contributed by atoms with Gasteiger partial charge in [-0.15, -0.1) is 0 Å². The summed E-state index contributed by atoms with van der Waals surface area (Å²) in [5.41, 5.74) is 0. The van der Waals surface area contributed by atoms with Crippen molar-refractivity contribution >= 4 is 8.07 Å². The maximum atomic E-state index is 5.58. The predicted molar refractivity (Wildman–Crippen MR) is 57.9 cm³/mol. The zero-order chi connectivity index (χ0) is 9.73. The molecule has 0 aliphatic carbocycles. The molecule has 0 aromatic carbocycles. The first kappa shape index (κ1) is 11.2. The molecule has 0 radical (unpaired) electrons. The number of ether oxygens (including phenoxy) is 2. The molecule has 0 unspecified atom stereocenters. The van der Waals surface area contributed by atoms with E-state index in [1.165, 1.54) is 12.5 Å². The second-order valence-electron chi connectivity index (χ2n) is 5.14. The molecule has 78 valence electrons. The molecule has 1 aliphatic rings. The van der Waals surface area contributed by atoms with Crippen LogP contribution >= 0.6 is 0 Å². The fourth-order valence-electron chi connectivity index (χ4n) is 1.34. The fraction of sp³-hybridized carbons (Fsp3) is 1.00. The van der Waals surface area contributed by atoms with Crippen LogP contribution in [0.25, 0.3) is 0 Å². The summed E-state index contributed by atoms with van der Waals surface area (Å²) >= 11 is 0. The summed E-state index contributed by atoms with van der Waals surface area (Å²) in [6.07, 6.45) is 1.24. The molecule has 1 rings (SSSR count). The second-order valence-corrected chi connectivity index (χ2v) is 10.8. The molecule has 0 saturated carbocycles. The van der Waals surface area contributed by atoms with Crippen molar-refractivity contribution in [2.24, 2.45) is 5.92 Å². The lowest BCUT2D eigenvalue weighted by Gasteiger charge is -2.25. The highest BCUT2D eigenvalue weighted by molar-refractivity contribution is 6.76. The van der Waals surface area contributed by atoms with Gasteiger partial charge in [-0.05, 0) is 6.42 Å². The van der Waals surface area contributed by atoms with Crippen molar-refractivity contribution in [2.45, 2.75) is 32.1 Å². The largest absolute Gasteiger partial charge is 0.381 e. The molecule has 0 atom stereocenters. The first-order valence-electron chi connectivity index (χ1n) is 5.23. The Balaban J connectivity index is 1.83. The van der Waals surface area contributed by atoms with Crippen LogP contribution < -0.4 is 0 Å². The van der Waals surface area contributed by atoms with Crippen molar-refractivity contribution in [1.82, 2.24) is 0 Å². The van der Waals surface area contributed by atoms with E-state index in [1.807, 2.05) is 0 Å². The standard InChI is InChI=1S/C10H22O2Si/c1-13(2,3)6-4-5-11-7-10-8-12-9-10/h10H,4-9H2,1-3H3. The Morgan fingerprint density at radius 2 is 2.00 bits per heavy atom. The van der Waals surface area contributed by atoms with E-state index in [0.29, 0.717) is 5.92 Å². The van der Waals surface area contributed by atoms with Crippen molar-refractivity contribution in [1.29, 1.82) is 0 Å². The Kier molecular flexibility index (Phi) is 4.42. The quantitative estimate of drug-likeness (QED) is 0.486. The molecule has 1 heterocycles. The van der Waals surface area contributed by atoms with Gasteiger partial charge >= 0.3 is 0 Å². The molecule has 0 aromatic heterocycles. The van der Waals surface area contributed by atoms with Crippen molar-refractivity contribution in [3.8, 4) is 0 Å². The van der Waals surface area contributed by atoms with Crippen molar-refractivity contribution in [3.63, 3.8) is 0 Å². The molecular formula is C10H22O2Si. The average molecular weight is 202 g/mol. The number of hydrogen-bond acceptors (Lipinski definition) is 2. The van der Waals surface area contributed by atoms with E-state index in [1.54, 1.807) is 0 Å². The summed E-state index contributed by atoms with van der Waals surface area (Å²) in [5.74, 6) is 0.687. The van der Waals surface area contributed by atoms with E-state index in [0.717, 1.165) is 26.4 Å². The van der Waals surface area contributed by atoms with Gasteiger partial charge in [0.2, 0.25) is 0 Å². The Labute approximate surface area is 82.6 Å². The molecule has 1 fully saturated rings. The molecular weight excluding hydrogens is 180 g/mol. The average Bonchev–Trinajstić information content (AvgIpc) is 1.90. The summed E-state index contributed by atoms with van der Waals surface area (Å²) in [5, 5.41) is 0. The molecule has 1 aliphatic heterocycles. The van der Waals surface area contributed by atoms with E-state index in [9.17, 15) is 0 Å². The Morgan fingerprint density at radius 1 is 1.31 bits per heavy atom. The Morgan fingerprint density at radius 3 is 2.46 bits per heavy atom. The maximum Gasteiger partial charge on any atom is 0.0538 e. The van der Waals surface area contributed by atoms with Crippen molar-refractivity contribution < 1.29 is 9.47 Å². The molecule has 0 bridgehead atoms. The van der Waals surface area contributed by atoms with Crippen molar-refractivity contribution in [3.05, 3.63) is 0 Å². The van der Waals surface area contributed by atoms with Crippen LogP contribution in [0.2, 0.25) is 25.7 Å². The van der Waals surface area contributed by atoms with Gasteiger partial charge < -0.3 is 9.47 Å². The fourth-order valence-corrected chi connectivity index (χ4v) is 2.54. The van der Waals surface area contributed by atoms with Gasteiger partial charge in [-0.25, -0.2) is 0 Å². The van der Waals surface area contributed by atoms with Crippen LogP contribution in [0.15, 0.2) is 0 Å². The Hall–Kier alpha value is 0.137. The van der Waals surface area contributed by atoms with E-state index in [-0.39, 0.29) is 0 Å². The number of hydrogen-bond donors (Lipinski definition) is 0. The zero-order valence-corrected chi connectivity index (χ0v) is 10.1. The van der Waals surface area contributed by atoms with E-state index >= 15 is 0 Å². The smallest absolute Gasteiger partial charge is 0.0538 e. The van der Waals surface area contributed by atoms with Crippen LogP contribution in [-0.2, 0) is 9.47 Å². The Bertz CT molecular complexity index is 138. The van der Waals surface area contributed by atoms with Crippen LogP contribution in [0.4, 0.5) is 0 Å². The van der Waals surface area contributed by atoms with Gasteiger partial charge in [0.25, 0.3) is 0 Å². The van der Waals surface area contributed by atoms with Crippen LogP contribution in [0.5, 0.6) is 0 Å². The highest BCUT2D eigenvalue weighted by Crippen LogP contribution is 2.12. The van der Waals surface area contributed by atoms with Gasteiger partial charge in [0, 0.05) is 20.6 Å². The highest BCUT2D eigenvalue weighted by atomic mass is 28.3. The van der Waals surface area contributed by atoms with Crippen LogP contribution in [0.1, 0.15) is 6.42 Å². The molecule has 0 amide bonds. The third-order valence-electron chi connectivity index (χ3n) is 2.28. The topological polar surface area (TPSA) is 18.5 Å². The molecule has 2 nitrogen and oxygen atoms in total. The van der Waals surface area contributed by atoms with E-state index in [4.69, 9.17) is 9.47 Å². The van der Waals surface area contributed by atoms with Crippen LogP contribution in [0.3, 0.4) is 0 Å². The maximum absolute atomic E-state index is 5.58. The van der Waals surface area contributed by atoms with E-state index < -0.39 is 8.07 Å². The molecule has 13 heavy (non-hydrogen) atoms.